The van der Waals surface area contributed by atoms with E-state index in [1.165, 1.54) is 6.07 Å². The van der Waals surface area contributed by atoms with Gasteiger partial charge in [-0.25, -0.2) is 9.78 Å². The van der Waals surface area contributed by atoms with Crippen molar-refractivity contribution in [2.75, 3.05) is 0 Å². The van der Waals surface area contributed by atoms with E-state index in [-0.39, 0.29) is 12.2 Å². The van der Waals surface area contributed by atoms with Gasteiger partial charge in [0.25, 0.3) is 0 Å². The molecule has 0 unspecified atom stereocenters. The number of halogens is 2. The predicted molar refractivity (Wildman–Crippen MR) is 148 cm³/mol. The Morgan fingerprint density at radius 2 is 1.70 bits per heavy atom. The Labute approximate surface area is 224 Å². The van der Waals surface area contributed by atoms with Crippen LogP contribution in [0.3, 0.4) is 0 Å². The van der Waals surface area contributed by atoms with Crippen LogP contribution in [0.1, 0.15) is 32.9 Å². The van der Waals surface area contributed by atoms with Gasteiger partial charge in [0, 0.05) is 21.7 Å². The van der Waals surface area contributed by atoms with E-state index >= 15 is 0 Å². The minimum absolute atomic E-state index is 0.0764. The number of imidazole rings is 1. The van der Waals surface area contributed by atoms with Crippen molar-refractivity contribution < 1.29 is 14.6 Å². The van der Waals surface area contributed by atoms with Crippen LogP contribution in [0.4, 0.5) is 0 Å². The largest absolute Gasteiger partial charge is 0.489 e. The van der Waals surface area contributed by atoms with Crippen LogP contribution in [-0.2, 0) is 13.2 Å². The summed E-state index contributed by atoms with van der Waals surface area (Å²) >= 11 is 12.8. The molecule has 0 saturated carbocycles. The highest BCUT2D eigenvalue weighted by Crippen LogP contribution is 2.30. The van der Waals surface area contributed by atoms with Crippen molar-refractivity contribution >= 4 is 40.2 Å². The first kappa shape index (κ1) is 24.9. The fraction of sp³-hybridized carbons (Fsp3) is 0.133. The molecular formula is C30H24Cl2N2O3. The second-order valence-electron chi connectivity index (χ2n) is 8.92. The number of ether oxygens (including phenoxy) is 1. The van der Waals surface area contributed by atoms with E-state index in [9.17, 15) is 9.90 Å². The standard InChI is InChI=1S/C30H24Cl2N2O3/c1-18-12-25(37-17-23-13-24(31)10-11-26(23)30(35)36)15-28-29(18)33-19(2)34(28)16-22-9-8-21(14-27(22)32)20-6-4-3-5-7-20/h3-15H,16-17H2,1-2H3,(H,35,36). The van der Waals surface area contributed by atoms with Gasteiger partial charge in [0.1, 0.15) is 18.2 Å². The fourth-order valence-corrected chi connectivity index (χ4v) is 4.90. The lowest BCUT2D eigenvalue weighted by Gasteiger charge is -2.13. The summed E-state index contributed by atoms with van der Waals surface area (Å²) in [4.78, 5) is 16.4. The molecule has 0 atom stereocenters. The lowest BCUT2D eigenvalue weighted by Crippen LogP contribution is -2.06. The lowest BCUT2D eigenvalue weighted by atomic mass is 10.0. The molecule has 4 aromatic carbocycles. The van der Waals surface area contributed by atoms with Gasteiger partial charge in [-0.15, -0.1) is 0 Å². The van der Waals surface area contributed by atoms with Gasteiger partial charge in [0.2, 0.25) is 0 Å². The molecule has 5 rings (SSSR count). The number of nitrogens with zero attached hydrogens (tertiary/aromatic N) is 2. The molecule has 37 heavy (non-hydrogen) atoms. The van der Waals surface area contributed by atoms with Crippen molar-refractivity contribution in [3.05, 3.63) is 117 Å². The van der Waals surface area contributed by atoms with Gasteiger partial charge in [-0.1, -0.05) is 65.7 Å². The van der Waals surface area contributed by atoms with Crippen LogP contribution in [0.5, 0.6) is 5.75 Å². The van der Waals surface area contributed by atoms with Crippen LogP contribution in [0.25, 0.3) is 22.2 Å². The highest BCUT2D eigenvalue weighted by atomic mass is 35.5. The number of rotatable bonds is 7. The number of aryl methyl sites for hydroxylation is 2. The number of hydrogen-bond donors (Lipinski definition) is 1. The highest BCUT2D eigenvalue weighted by Gasteiger charge is 2.15. The Balaban J connectivity index is 1.45. The van der Waals surface area contributed by atoms with E-state index in [0.29, 0.717) is 27.9 Å². The summed E-state index contributed by atoms with van der Waals surface area (Å²) < 4.78 is 8.15. The zero-order valence-corrected chi connectivity index (χ0v) is 21.8. The van der Waals surface area contributed by atoms with Crippen LogP contribution in [0.15, 0.2) is 78.9 Å². The molecule has 1 heterocycles. The zero-order valence-electron chi connectivity index (χ0n) is 20.3. The van der Waals surface area contributed by atoms with Crippen LogP contribution in [0, 0.1) is 13.8 Å². The molecule has 186 valence electrons. The molecule has 0 fully saturated rings. The minimum Gasteiger partial charge on any atom is -0.489 e. The Kier molecular flexibility index (Phi) is 6.92. The van der Waals surface area contributed by atoms with Crippen molar-refractivity contribution in [3.8, 4) is 16.9 Å². The van der Waals surface area contributed by atoms with Gasteiger partial charge >= 0.3 is 5.97 Å². The van der Waals surface area contributed by atoms with Gasteiger partial charge in [-0.3, -0.25) is 0 Å². The topological polar surface area (TPSA) is 64.3 Å². The Morgan fingerprint density at radius 1 is 0.919 bits per heavy atom. The van der Waals surface area contributed by atoms with Crippen LogP contribution in [-0.4, -0.2) is 20.6 Å². The summed E-state index contributed by atoms with van der Waals surface area (Å²) in [6.45, 7) is 4.58. The highest BCUT2D eigenvalue weighted by molar-refractivity contribution is 6.31. The molecule has 0 bridgehead atoms. The quantitative estimate of drug-likeness (QED) is 0.232. The first-order valence-electron chi connectivity index (χ1n) is 11.8. The summed E-state index contributed by atoms with van der Waals surface area (Å²) in [7, 11) is 0. The molecule has 0 aliphatic heterocycles. The normalized spacial score (nSPS) is 11.1. The van der Waals surface area contributed by atoms with Crippen LogP contribution < -0.4 is 4.74 Å². The lowest BCUT2D eigenvalue weighted by molar-refractivity contribution is 0.0694. The SMILES string of the molecule is Cc1cc(OCc2cc(Cl)ccc2C(=O)O)cc2c1nc(C)n2Cc1ccc(-c2ccccc2)cc1Cl. The van der Waals surface area contributed by atoms with E-state index < -0.39 is 5.97 Å². The molecule has 0 amide bonds. The summed E-state index contributed by atoms with van der Waals surface area (Å²) in [5.41, 5.74) is 6.60. The fourth-order valence-electron chi connectivity index (χ4n) is 4.47. The van der Waals surface area contributed by atoms with E-state index in [1.54, 1.807) is 12.1 Å². The first-order chi connectivity index (χ1) is 17.8. The average Bonchev–Trinajstić information content (AvgIpc) is 3.19. The first-order valence-corrected chi connectivity index (χ1v) is 12.5. The maximum Gasteiger partial charge on any atom is 0.336 e. The number of fused-ring (bicyclic) bond motifs is 1. The number of aromatic nitrogens is 2. The minimum atomic E-state index is -1.02. The van der Waals surface area contributed by atoms with Gasteiger partial charge < -0.3 is 14.4 Å². The summed E-state index contributed by atoms with van der Waals surface area (Å²) in [5.74, 6) is 0.459. The molecule has 1 aromatic heterocycles. The summed E-state index contributed by atoms with van der Waals surface area (Å²) in [6.07, 6.45) is 0. The van der Waals surface area contributed by atoms with E-state index in [0.717, 1.165) is 39.1 Å². The third-order valence-electron chi connectivity index (χ3n) is 6.39. The second kappa shape index (κ2) is 10.3. The number of benzene rings is 4. The van der Waals surface area contributed by atoms with Gasteiger partial charge in [0.05, 0.1) is 23.1 Å². The Bertz CT molecular complexity index is 1630. The predicted octanol–water partition coefficient (Wildman–Crippen LogP) is 7.95. The van der Waals surface area contributed by atoms with Crippen molar-refractivity contribution in [2.45, 2.75) is 27.0 Å². The van der Waals surface area contributed by atoms with Crippen molar-refractivity contribution in [1.29, 1.82) is 0 Å². The summed E-state index contributed by atoms with van der Waals surface area (Å²) in [5, 5.41) is 10.6. The molecule has 5 nitrogen and oxygen atoms in total. The van der Waals surface area contributed by atoms with E-state index in [4.69, 9.17) is 32.9 Å². The number of carboxylic acids is 1. The monoisotopic (exact) mass is 530 g/mol. The molecular weight excluding hydrogens is 507 g/mol. The third-order valence-corrected chi connectivity index (χ3v) is 6.98. The van der Waals surface area contributed by atoms with Gasteiger partial charge in [-0.2, -0.15) is 0 Å². The average molecular weight is 531 g/mol. The number of carboxylic acid groups (broad SMARTS) is 1. The zero-order chi connectivity index (χ0) is 26.1. The van der Waals surface area contributed by atoms with Crippen LogP contribution in [0.2, 0.25) is 10.0 Å². The van der Waals surface area contributed by atoms with Crippen molar-refractivity contribution in [1.82, 2.24) is 9.55 Å². The maximum atomic E-state index is 11.6. The third kappa shape index (κ3) is 5.19. The molecule has 0 spiro atoms. The smallest absolute Gasteiger partial charge is 0.336 e. The molecule has 1 N–H and O–H groups in total. The number of carbonyl (C=O) groups is 1. The van der Waals surface area contributed by atoms with Gasteiger partial charge in [-0.05, 0) is 66.4 Å². The molecule has 0 aliphatic rings. The van der Waals surface area contributed by atoms with Crippen LogP contribution >= 0.6 is 23.2 Å². The second-order valence-corrected chi connectivity index (χ2v) is 9.76. The Hall–Kier alpha value is -3.80. The maximum absolute atomic E-state index is 11.6. The van der Waals surface area contributed by atoms with Gasteiger partial charge in [0.15, 0.2) is 0 Å². The number of aromatic carboxylic acids is 1. The summed E-state index contributed by atoms with van der Waals surface area (Å²) in [6, 6.07) is 24.8. The van der Waals surface area contributed by atoms with Crippen molar-refractivity contribution in [2.24, 2.45) is 0 Å². The molecule has 0 radical (unpaired) electrons. The molecule has 5 aromatic rings. The molecule has 7 heteroatoms. The van der Waals surface area contributed by atoms with E-state index in [1.807, 2.05) is 50.2 Å². The molecule has 0 aliphatic carbocycles. The Morgan fingerprint density at radius 3 is 2.43 bits per heavy atom. The number of hydrogen-bond acceptors (Lipinski definition) is 3. The van der Waals surface area contributed by atoms with E-state index in [2.05, 4.69) is 28.8 Å². The molecule has 0 saturated heterocycles. The van der Waals surface area contributed by atoms with Crippen molar-refractivity contribution in [3.63, 3.8) is 0 Å².